The van der Waals surface area contributed by atoms with Gasteiger partial charge in [-0.1, -0.05) is 48.5 Å². The van der Waals surface area contributed by atoms with E-state index in [1.54, 1.807) is 0 Å². The van der Waals surface area contributed by atoms with Crippen LogP contribution in [0.25, 0.3) is 0 Å². The van der Waals surface area contributed by atoms with Gasteiger partial charge in [-0.2, -0.15) is 0 Å². The molecule has 0 saturated carbocycles. The summed E-state index contributed by atoms with van der Waals surface area (Å²) in [6.07, 6.45) is 3.44. The van der Waals surface area contributed by atoms with Crippen LogP contribution in [0.15, 0.2) is 59.6 Å². The normalized spacial score (nSPS) is 21.6. The van der Waals surface area contributed by atoms with Crippen LogP contribution in [-0.2, 0) is 6.54 Å². The SMILES string of the molecule is CN=C(NCC1CCCN1Cc1ccccc1)NC1CCOc2ccccc21.I. The van der Waals surface area contributed by atoms with Gasteiger partial charge in [0.25, 0.3) is 0 Å². The molecule has 2 aliphatic rings. The fraction of sp³-hybridized carbons (Fsp3) is 0.435. The van der Waals surface area contributed by atoms with E-state index in [1.165, 1.54) is 30.5 Å². The summed E-state index contributed by atoms with van der Waals surface area (Å²) in [5.41, 5.74) is 2.60. The molecule has 2 aromatic carbocycles. The molecule has 156 valence electrons. The maximum Gasteiger partial charge on any atom is 0.191 e. The van der Waals surface area contributed by atoms with Crippen molar-refractivity contribution < 1.29 is 4.74 Å². The van der Waals surface area contributed by atoms with Crippen LogP contribution < -0.4 is 15.4 Å². The number of halogens is 1. The summed E-state index contributed by atoms with van der Waals surface area (Å²) < 4.78 is 5.77. The fourth-order valence-electron chi connectivity index (χ4n) is 4.22. The van der Waals surface area contributed by atoms with Gasteiger partial charge in [-0.3, -0.25) is 9.89 Å². The molecule has 0 amide bonds. The maximum absolute atomic E-state index is 5.77. The summed E-state index contributed by atoms with van der Waals surface area (Å²) in [6, 6.07) is 19.8. The standard InChI is InChI=1S/C23H30N4O.HI/c1-24-23(26-21-13-15-28-22-12-6-5-11-20(21)22)25-16-19-10-7-14-27(19)17-18-8-3-2-4-9-18;/h2-6,8-9,11-12,19,21H,7,10,13-17H2,1H3,(H2,24,25,26);1H. The number of aliphatic imine (C=N–C) groups is 1. The average molecular weight is 506 g/mol. The van der Waals surface area contributed by atoms with Gasteiger partial charge in [0.1, 0.15) is 5.75 Å². The number of para-hydroxylation sites is 1. The summed E-state index contributed by atoms with van der Waals surface area (Å²) >= 11 is 0. The number of fused-ring (bicyclic) bond motifs is 1. The first-order valence-electron chi connectivity index (χ1n) is 10.3. The number of hydrogen-bond donors (Lipinski definition) is 2. The molecule has 2 heterocycles. The van der Waals surface area contributed by atoms with Crippen LogP contribution in [0.5, 0.6) is 5.75 Å². The third-order valence-corrected chi connectivity index (χ3v) is 5.73. The minimum absolute atomic E-state index is 0. The molecule has 2 unspecified atom stereocenters. The number of likely N-dealkylation sites (tertiary alicyclic amines) is 1. The van der Waals surface area contributed by atoms with Crippen molar-refractivity contribution in [1.82, 2.24) is 15.5 Å². The predicted octanol–water partition coefficient (Wildman–Crippen LogP) is 3.96. The first-order chi connectivity index (χ1) is 13.8. The van der Waals surface area contributed by atoms with Gasteiger partial charge in [0.15, 0.2) is 5.96 Å². The van der Waals surface area contributed by atoms with Crippen molar-refractivity contribution in [2.45, 2.75) is 37.9 Å². The lowest BCUT2D eigenvalue weighted by Gasteiger charge is -2.29. The molecule has 6 heteroatoms. The van der Waals surface area contributed by atoms with E-state index in [0.29, 0.717) is 6.04 Å². The lowest BCUT2D eigenvalue weighted by atomic mass is 10.0. The van der Waals surface area contributed by atoms with E-state index in [2.05, 4.69) is 63.0 Å². The zero-order valence-electron chi connectivity index (χ0n) is 17.0. The predicted molar refractivity (Wildman–Crippen MR) is 129 cm³/mol. The topological polar surface area (TPSA) is 48.9 Å². The van der Waals surface area contributed by atoms with Gasteiger partial charge in [-0.05, 0) is 31.0 Å². The van der Waals surface area contributed by atoms with Gasteiger partial charge in [0, 0.05) is 38.2 Å². The molecule has 2 aliphatic heterocycles. The van der Waals surface area contributed by atoms with Crippen LogP contribution in [0, 0.1) is 0 Å². The number of guanidine groups is 1. The largest absolute Gasteiger partial charge is 0.493 e. The van der Waals surface area contributed by atoms with Crippen LogP contribution in [0.3, 0.4) is 0 Å². The molecule has 4 rings (SSSR count). The van der Waals surface area contributed by atoms with Crippen molar-refractivity contribution in [2.75, 3.05) is 26.7 Å². The van der Waals surface area contributed by atoms with E-state index >= 15 is 0 Å². The number of ether oxygens (including phenoxy) is 1. The van der Waals surface area contributed by atoms with Crippen molar-refractivity contribution in [3.63, 3.8) is 0 Å². The number of hydrogen-bond acceptors (Lipinski definition) is 3. The molecule has 0 spiro atoms. The summed E-state index contributed by atoms with van der Waals surface area (Å²) in [4.78, 5) is 7.04. The van der Waals surface area contributed by atoms with E-state index in [9.17, 15) is 0 Å². The molecule has 2 atom stereocenters. The van der Waals surface area contributed by atoms with Crippen LogP contribution in [0.1, 0.15) is 36.4 Å². The minimum Gasteiger partial charge on any atom is -0.493 e. The summed E-state index contributed by atoms with van der Waals surface area (Å²) in [5.74, 6) is 1.85. The summed E-state index contributed by atoms with van der Waals surface area (Å²) in [7, 11) is 1.84. The Hall–Kier alpha value is -1.80. The average Bonchev–Trinajstić information content (AvgIpc) is 3.19. The van der Waals surface area contributed by atoms with Crippen molar-refractivity contribution >= 4 is 29.9 Å². The number of benzene rings is 2. The second-order valence-corrected chi connectivity index (χ2v) is 7.58. The fourth-order valence-corrected chi connectivity index (χ4v) is 4.22. The van der Waals surface area contributed by atoms with Gasteiger partial charge in [0.2, 0.25) is 0 Å². The van der Waals surface area contributed by atoms with Gasteiger partial charge >= 0.3 is 0 Å². The highest BCUT2D eigenvalue weighted by atomic mass is 127. The Kier molecular flexibility index (Phi) is 8.18. The molecular weight excluding hydrogens is 475 g/mol. The van der Waals surface area contributed by atoms with E-state index in [1.807, 2.05) is 19.2 Å². The molecule has 1 saturated heterocycles. The van der Waals surface area contributed by atoms with Crippen LogP contribution in [0.4, 0.5) is 0 Å². The first-order valence-corrected chi connectivity index (χ1v) is 10.3. The molecule has 29 heavy (non-hydrogen) atoms. The second kappa shape index (κ2) is 10.8. The van der Waals surface area contributed by atoms with Crippen LogP contribution in [-0.4, -0.2) is 43.6 Å². The molecule has 0 aromatic heterocycles. The minimum atomic E-state index is 0. The molecule has 0 bridgehead atoms. The number of nitrogens with one attached hydrogen (secondary N) is 2. The smallest absolute Gasteiger partial charge is 0.191 e. The van der Waals surface area contributed by atoms with E-state index in [0.717, 1.165) is 37.8 Å². The zero-order valence-corrected chi connectivity index (χ0v) is 19.3. The Labute approximate surface area is 191 Å². The Morgan fingerprint density at radius 1 is 1.10 bits per heavy atom. The molecule has 2 aromatic rings. The monoisotopic (exact) mass is 506 g/mol. The molecule has 1 fully saturated rings. The molecule has 5 nitrogen and oxygen atoms in total. The van der Waals surface area contributed by atoms with Gasteiger partial charge < -0.3 is 15.4 Å². The van der Waals surface area contributed by atoms with Crippen molar-refractivity contribution in [2.24, 2.45) is 4.99 Å². The van der Waals surface area contributed by atoms with Crippen LogP contribution >= 0.6 is 24.0 Å². The Morgan fingerprint density at radius 3 is 2.72 bits per heavy atom. The summed E-state index contributed by atoms with van der Waals surface area (Å²) in [6.45, 7) is 3.84. The summed E-state index contributed by atoms with van der Waals surface area (Å²) in [5, 5.41) is 7.15. The van der Waals surface area contributed by atoms with E-state index in [-0.39, 0.29) is 30.0 Å². The molecule has 0 radical (unpaired) electrons. The highest BCUT2D eigenvalue weighted by Crippen LogP contribution is 2.31. The number of rotatable bonds is 5. The van der Waals surface area contributed by atoms with Gasteiger partial charge in [-0.15, -0.1) is 24.0 Å². The van der Waals surface area contributed by atoms with E-state index in [4.69, 9.17) is 4.74 Å². The maximum atomic E-state index is 5.77. The Balaban J connectivity index is 0.00000240. The Morgan fingerprint density at radius 2 is 1.90 bits per heavy atom. The van der Waals surface area contributed by atoms with Gasteiger partial charge in [-0.25, -0.2) is 0 Å². The second-order valence-electron chi connectivity index (χ2n) is 7.58. The third kappa shape index (κ3) is 5.63. The highest BCUT2D eigenvalue weighted by Gasteiger charge is 2.26. The molecular formula is C23H31IN4O. The quantitative estimate of drug-likeness (QED) is 0.366. The third-order valence-electron chi connectivity index (χ3n) is 5.73. The van der Waals surface area contributed by atoms with E-state index < -0.39 is 0 Å². The van der Waals surface area contributed by atoms with Crippen molar-refractivity contribution in [3.8, 4) is 5.75 Å². The number of nitrogens with zero attached hydrogens (tertiary/aromatic N) is 2. The Bertz CT molecular complexity index is 798. The molecule has 0 aliphatic carbocycles. The highest BCUT2D eigenvalue weighted by molar-refractivity contribution is 14.0. The van der Waals surface area contributed by atoms with Gasteiger partial charge in [0.05, 0.1) is 12.6 Å². The lowest BCUT2D eigenvalue weighted by molar-refractivity contribution is 0.244. The van der Waals surface area contributed by atoms with Crippen molar-refractivity contribution in [3.05, 3.63) is 65.7 Å². The first kappa shape index (κ1) is 21.9. The van der Waals surface area contributed by atoms with Crippen molar-refractivity contribution in [1.29, 1.82) is 0 Å². The lowest BCUT2D eigenvalue weighted by Crippen LogP contribution is -2.46. The molecule has 2 N–H and O–H groups in total. The zero-order chi connectivity index (χ0) is 19.2. The van der Waals surface area contributed by atoms with Crippen LogP contribution in [0.2, 0.25) is 0 Å².